The maximum Gasteiger partial charge on any atom is 0.227 e. The number of hydrogen-bond donors (Lipinski definition) is 3. The first kappa shape index (κ1) is 20.6. The average molecular weight is 475 g/mol. The van der Waals surface area contributed by atoms with E-state index in [1.165, 1.54) is 0 Å². The zero-order valence-electron chi connectivity index (χ0n) is 19.5. The molecular formula is C27H22N8O. The zero-order valence-corrected chi connectivity index (χ0v) is 19.5. The van der Waals surface area contributed by atoms with E-state index in [1.54, 1.807) is 18.7 Å². The van der Waals surface area contributed by atoms with Crippen LogP contribution in [0.1, 0.15) is 18.5 Å². The molecule has 1 fully saturated rings. The van der Waals surface area contributed by atoms with Crippen LogP contribution in [-0.4, -0.2) is 40.6 Å². The van der Waals surface area contributed by atoms with Gasteiger partial charge in [-0.1, -0.05) is 6.07 Å². The van der Waals surface area contributed by atoms with Crippen LogP contribution in [0.2, 0.25) is 0 Å². The Labute approximate surface area is 205 Å². The molecule has 0 spiro atoms. The summed E-state index contributed by atoms with van der Waals surface area (Å²) in [4.78, 5) is 29.0. The second-order valence-electron chi connectivity index (χ2n) is 9.26. The number of imidazole rings is 1. The van der Waals surface area contributed by atoms with Crippen molar-refractivity contribution in [2.45, 2.75) is 19.8 Å². The molecule has 5 heterocycles. The highest BCUT2D eigenvalue weighted by molar-refractivity contribution is 5.99. The number of hydrogen-bond acceptors (Lipinski definition) is 5. The molecule has 36 heavy (non-hydrogen) atoms. The molecule has 0 bridgehead atoms. The first-order valence-corrected chi connectivity index (χ1v) is 11.9. The monoisotopic (exact) mass is 474 g/mol. The molecule has 6 aromatic rings. The van der Waals surface area contributed by atoms with E-state index >= 15 is 0 Å². The van der Waals surface area contributed by atoms with E-state index in [-0.39, 0.29) is 11.8 Å². The number of anilines is 1. The Bertz CT molecular complexity index is 1770. The maximum atomic E-state index is 12.2. The Balaban J connectivity index is 1.28. The lowest BCUT2D eigenvalue weighted by atomic mass is 10.0. The largest absolute Gasteiger partial charge is 0.353 e. The molecule has 0 radical (unpaired) electrons. The van der Waals surface area contributed by atoms with Gasteiger partial charge in [-0.05, 0) is 55.7 Å². The summed E-state index contributed by atoms with van der Waals surface area (Å²) in [5, 5.41) is 12.7. The third-order valence-electron chi connectivity index (χ3n) is 6.59. The van der Waals surface area contributed by atoms with Crippen LogP contribution >= 0.6 is 0 Å². The minimum absolute atomic E-state index is 0.0695. The Morgan fingerprint density at radius 3 is 2.78 bits per heavy atom. The van der Waals surface area contributed by atoms with Crippen LogP contribution in [0, 0.1) is 12.8 Å². The molecular weight excluding hydrogens is 452 g/mol. The van der Waals surface area contributed by atoms with E-state index < -0.39 is 0 Å². The molecule has 1 amide bonds. The summed E-state index contributed by atoms with van der Waals surface area (Å²) in [5.41, 5.74) is 7.18. The molecule has 1 aliphatic carbocycles. The number of amides is 1. The molecule has 0 unspecified atom stereocenters. The van der Waals surface area contributed by atoms with E-state index in [0.717, 1.165) is 68.7 Å². The van der Waals surface area contributed by atoms with Gasteiger partial charge in [-0.25, -0.2) is 9.97 Å². The van der Waals surface area contributed by atoms with Crippen molar-refractivity contribution in [2.24, 2.45) is 5.92 Å². The number of carbonyl (C=O) groups excluding carboxylic acids is 1. The van der Waals surface area contributed by atoms with Gasteiger partial charge in [0.2, 0.25) is 5.91 Å². The fraction of sp³-hybridized carbons (Fsp3) is 0.148. The van der Waals surface area contributed by atoms with Crippen LogP contribution in [0.3, 0.4) is 0 Å². The Hall–Kier alpha value is -4.79. The number of nitrogens with zero attached hydrogens (tertiary/aromatic N) is 5. The number of aryl methyl sites for hydroxylation is 1. The van der Waals surface area contributed by atoms with E-state index in [9.17, 15) is 4.79 Å². The summed E-state index contributed by atoms with van der Waals surface area (Å²) < 4.78 is 1.93. The second kappa shape index (κ2) is 7.88. The number of aromatic amines is 2. The Kier molecular flexibility index (Phi) is 4.50. The third kappa shape index (κ3) is 3.52. The van der Waals surface area contributed by atoms with Gasteiger partial charge in [0.25, 0.3) is 0 Å². The van der Waals surface area contributed by atoms with Crippen molar-refractivity contribution in [3.05, 3.63) is 73.2 Å². The molecule has 1 aromatic carbocycles. The quantitative estimate of drug-likeness (QED) is 0.325. The standard InChI is InChI=1S/C27H22N8O/c1-15-13-35(14-30-15)26-21-10-24(32-22(21)6-7-29-26)25-20-9-17(4-5-23(20)33-34-25)18-8-19(12-28-11-18)31-27(36)16-2-3-16/h4-14,16,32H,2-3H2,1H3,(H,31,36)(H,33,34). The molecule has 0 saturated heterocycles. The normalized spacial score (nSPS) is 13.5. The molecule has 1 saturated carbocycles. The van der Waals surface area contributed by atoms with Crippen molar-refractivity contribution in [3.8, 4) is 28.3 Å². The van der Waals surface area contributed by atoms with Crippen LogP contribution in [0.25, 0.3) is 50.1 Å². The smallest absolute Gasteiger partial charge is 0.227 e. The van der Waals surface area contributed by atoms with Gasteiger partial charge in [0.05, 0.1) is 34.3 Å². The molecule has 0 aliphatic heterocycles. The lowest BCUT2D eigenvalue weighted by molar-refractivity contribution is -0.117. The van der Waals surface area contributed by atoms with Crippen LogP contribution in [-0.2, 0) is 4.79 Å². The van der Waals surface area contributed by atoms with Gasteiger partial charge >= 0.3 is 0 Å². The van der Waals surface area contributed by atoms with E-state index in [2.05, 4.69) is 47.6 Å². The van der Waals surface area contributed by atoms with Gasteiger partial charge in [-0.2, -0.15) is 5.10 Å². The number of H-pyrrole nitrogens is 2. The second-order valence-corrected chi connectivity index (χ2v) is 9.26. The van der Waals surface area contributed by atoms with E-state index in [4.69, 9.17) is 0 Å². The van der Waals surface area contributed by atoms with Gasteiger partial charge in [0, 0.05) is 40.8 Å². The van der Waals surface area contributed by atoms with Crippen molar-refractivity contribution >= 4 is 33.4 Å². The number of nitrogens with one attached hydrogen (secondary N) is 3. The van der Waals surface area contributed by atoms with Crippen LogP contribution in [0.5, 0.6) is 0 Å². The summed E-state index contributed by atoms with van der Waals surface area (Å²) in [6, 6.07) is 12.1. The number of aromatic nitrogens is 7. The Morgan fingerprint density at radius 1 is 1.03 bits per heavy atom. The summed E-state index contributed by atoms with van der Waals surface area (Å²) in [5.74, 6) is 1.02. The lowest BCUT2D eigenvalue weighted by Gasteiger charge is -2.07. The fourth-order valence-corrected chi connectivity index (χ4v) is 4.56. The molecule has 176 valence electrons. The molecule has 3 N–H and O–H groups in total. The summed E-state index contributed by atoms with van der Waals surface area (Å²) in [7, 11) is 0. The first-order valence-electron chi connectivity index (χ1n) is 11.9. The predicted molar refractivity (Wildman–Crippen MR) is 138 cm³/mol. The van der Waals surface area contributed by atoms with Crippen LogP contribution < -0.4 is 5.32 Å². The van der Waals surface area contributed by atoms with Crippen molar-refractivity contribution in [2.75, 3.05) is 5.32 Å². The van der Waals surface area contributed by atoms with E-state index in [1.807, 2.05) is 48.1 Å². The molecule has 9 nitrogen and oxygen atoms in total. The molecule has 7 rings (SSSR count). The van der Waals surface area contributed by atoms with Gasteiger partial charge < -0.3 is 10.3 Å². The van der Waals surface area contributed by atoms with Crippen molar-refractivity contribution in [1.82, 2.24) is 34.7 Å². The summed E-state index contributed by atoms with van der Waals surface area (Å²) in [6.45, 7) is 1.96. The number of pyridine rings is 2. The maximum absolute atomic E-state index is 12.2. The van der Waals surface area contributed by atoms with Crippen molar-refractivity contribution in [1.29, 1.82) is 0 Å². The van der Waals surface area contributed by atoms with Gasteiger partial charge in [0.15, 0.2) is 0 Å². The molecule has 0 atom stereocenters. The zero-order chi connectivity index (χ0) is 24.2. The molecule has 5 aromatic heterocycles. The predicted octanol–water partition coefficient (Wildman–Crippen LogP) is 5.01. The Morgan fingerprint density at radius 2 is 1.94 bits per heavy atom. The molecule has 9 heteroatoms. The van der Waals surface area contributed by atoms with Gasteiger partial charge in [-0.15, -0.1) is 0 Å². The third-order valence-corrected chi connectivity index (χ3v) is 6.59. The average Bonchev–Trinajstić information content (AvgIpc) is 3.30. The number of fused-ring (bicyclic) bond motifs is 2. The topological polar surface area (TPSA) is 117 Å². The highest BCUT2D eigenvalue weighted by Crippen LogP contribution is 2.34. The fourth-order valence-electron chi connectivity index (χ4n) is 4.56. The highest BCUT2D eigenvalue weighted by atomic mass is 16.2. The van der Waals surface area contributed by atoms with Crippen LogP contribution in [0.4, 0.5) is 5.69 Å². The van der Waals surface area contributed by atoms with E-state index in [0.29, 0.717) is 5.69 Å². The first-order chi connectivity index (χ1) is 17.6. The van der Waals surface area contributed by atoms with Gasteiger partial charge in [-0.3, -0.25) is 19.4 Å². The summed E-state index contributed by atoms with van der Waals surface area (Å²) in [6.07, 6.45) is 10.9. The van der Waals surface area contributed by atoms with Crippen LogP contribution in [0.15, 0.2) is 67.5 Å². The van der Waals surface area contributed by atoms with Gasteiger partial charge in [0.1, 0.15) is 17.8 Å². The minimum atomic E-state index is 0.0695. The highest BCUT2D eigenvalue weighted by Gasteiger charge is 2.29. The lowest BCUT2D eigenvalue weighted by Crippen LogP contribution is -2.13. The molecule has 1 aliphatic rings. The van der Waals surface area contributed by atoms with Crippen molar-refractivity contribution < 1.29 is 4.79 Å². The number of rotatable bonds is 5. The minimum Gasteiger partial charge on any atom is -0.353 e. The van der Waals surface area contributed by atoms with Crippen molar-refractivity contribution in [3.63, 3.8) is 0 Å². The SMILES string of the molecule is Cc1cn(-c2nccc3[nH]c(-c4n[nH]c5ccc(-c6cncc(NC(=O)C7CC7)c6)cc45)cc23)cn1. The number of carbonyl (C=O) groups is 1. The summed E-state index contributed by atoms with van der Waals surface area (Å²) >= 11 is 0. The number of benzene rings is 1.